The number of piperidine rings is 1. The van der Waals surface area contributed by atoms with Crippen molar-refractivity contribution in [2.24, 2.45) is 0 Å². The Morgan fingerprint density at radius 3 is 2.22 bits per heavy atom. The number of alkyl halides is 3. The molecule has 0 unspecified atom stereocenters. The summed E-state index contributed by atoms with van der Waals surface area (Å²) in [5.74, 6) is -1.78. The van der Waals surface area contributed by atoms with Crippen molar-refractivity contribution >= 4 is 27.6 Å². The molecule has 1 aliphatic rings. The average molecular weight is 470 g/mol. The van der Waals surface area contributed by atoms with E-state index in [-0.39, 0.29) is 16.1 Å². The molecule has 1 aliphatic heterocycles. The van der Waals surface area contributed by atoms with Crippen molar-refractivity contribution in [1.29, 1.82) is 0 Å². The number of ether oxygens (including phenoxy) is 1. The highest BCUT2D eigenvalue weighted by atomic mass is 32.2. The third-order valence-electron chi connectivity index (χ3n) is 4.87. The van der Waals surface area contributed by atoms with Gasteiger partial charge >= 0.3 is 12.1 Å². The maximum Gasteiger partial charge on any atom is 0.416 e. The van der Waals surface area contributed by atoms with Crippen LogP contribution in [-0.2, 0) is 25.7 Å². The van der Waals surface area contributed by atoms with Gasteiger partial charge in [-0.15, -0.1) is 0 Å². The Hall–Kier alpha value is -2.92. The van der Waals surface area contributed by atoms with E-state index in [0.717, 1.165) is 43.5 Å². The fourth-order valence-electron chi connectivity index (χ4n) is 3.25. The standard InChI is InChI=1S/C21H21F3N2O5S/c22-21(23,24)15-8-10-16(11-9-15)25-19(27)14-31-20(28)17-6-2-3-7-18(17)32(29,30)26-12-4-1-5-13-26/h2-3,6-11H,1,4-5,12-14H2,(H,25,27). The van der Waals surface area contributed by atoms with Gasteiger partial charge < -0.3 is 10.1 Å². The van der Waals surface area contributed by atoms with Crippen LogP contribution in [0.3, 0.4) is 0 Å². The molecule has 0 spiro atoms. The predicted octanol–water partition coefficient (Wildman–Crippen LogP) is 3.68. The van der Waals surface area contributed by atoms with E-state index in [9.17, 15) is 31.2 Å². The molecule has 1 N–H and O–H groups in total. The van der Waals surface area contributed by atoms with Gasteiger partial charge in [0.05, 0.1) is 16.0 Å². The Morgan fingerprint density at radius 2 is 1.59 bits per heavy atom. The number of halogens is 3. The summed E-state index contributed by atoms with van der Waals surface area (Å²) in [5, 5.41) is 2.31. The second-order valence-electron chi connectivity index (χ2n) is 7.16. The summed E-state index contributed by atoms with van der Waals surface area (Å²) in [6, 6.07) is 9.34. The van der Waals surface area contributed by atoms with Crippen LogP contribution in [0, 0.1) is 0 Å². The van der Waals surface area contributed by atoms with E-state index in [4.69, 9.17) is 4.74 Å². The van der Waals surface area contributed by atoms with Crippen LogP contribution >= 0.6 is 0 Å². The number of rotatable bonds is 6. The first kappa shape index (κ1) is 23.7. The average Bonchev–Trinajstić information content (AvgIpc) is 2.78. The van der Waals surface area contributed by atoms with Gasteiger partial charge in [-0.1, -0.05) is 18.6 Å². The van der Waals surface area contributed by atoms with E-state index in [1.807, 2.05) is 0 Å². The molecule has 2 aromatic rings. The Morgan fingerprint density at radius 1 is 0.969 bits per heavy atom. The molecule has 0 aromatic heterocycles. The summed E-state index contributed by atoms with van der Waals surface area (Å²) in [7, 11) is -3.90. The third-order valence-corrected chi connectivity index (χ3v) is 6.83. The Kier molecular flexibility index (Phi) is 7.19. The summed E-state index contributed by atoms with van der Waals surface area (Å²) in [5.41, 5.74) is -0.971. The van der Waals surface area contributed by atoms with Crippen LogP contribution in [0.15, 0.2) is 53.4 Å². The molecule has 2 aromatic carbocycles. The summed E-state index contributed by atoms with van der Waals surface area (Å²) in [6.45, 7) is -0.0134. The second-order valence-corrected chi connectivity index (χ2v) is 9.07. The summed E-state index contributed by atoms with van der Waals surface area (Å²) in [4.78, 5) is 24.3. The van der Waals surface area contributed by atoms with E-state index in [2.05, 4.69) is 5.32 Å². The monoisotopic (exact) mass is 470 g/mol. The van der Waals surface area contributed by atoms with E-state index in [1.165, 1.54) is 28.6 Å². The Balaban J connectivity index is 1.65. The second kappa shape index (κ2) is 9.70. The first-order valence-electron chi connectivity index (χ1n) is 9.82. The van der Waals surface area contributed by atoms with Gasteiger partial charge in [0.25, 0.3) is 5.91 Å². The van der Waals surface area contributed by atoms with E-state index in [0.29, 0.717) is 13.1 Å². The molecule has 0 aliphatic carbocycles. The smallest absolute Gasteiger partial charge is 0.416 e. The minimum Gasteiger partial charge on any atom is -0.452 e. The zero-order valence-electron chi connectivity index (χ0n) is 16.9. The van der Waals surface area contributed by atoms with Crippen molar-refractivity contribution in [2.45, 2.75) is 30.3 Å². The summed E-state index contributed by atoms with van der Waals surface area (Å²) >= 11 is 0. The van der Waals surface area contributed by atoms with Gasteiger partial charge in [-0.25, -0.2) is 13.2 Å². The number of nitrogens with zero attached hydrogens (tertiary/aromatic N) is 1. The lowest BCUT2D eigenvalue weighted by Crippen LogP contribution is -2.36. The molecular formula is C21H21F3N2O5S. The first-order chi connectivity index (χ1) is 15.1. The number of sulfonamides is 1. The van der Waals surface area contributed by atoms with Gasteiger partial charge in [0.2, 0.25) is 10.0 Å². The van der Waals surface area contributed by atoms with E-state index in [1.54, 1.807) is 0 Å². The van der Waals surface area contributed by atoms with Gasteiger partial charge in [-0.2, -0.15) is 17.5 Å². The third kappa shape index (κ3) is 5.65. The number of anilines is 1. The largest absolute Gasteiger partial charge is 0.452 e. The lowest BCUT2D eigenvalue weighted by molar-refractivity contribution is -0.137. The van der Waals surface area contributed by atoms with Crippen LogP contribution < -0.4 is 5.32 Å². The molecule has 0 saturated carbocycles. The number of hydrogen-bond acceptors (Lipinski definition) is 5. The molecule has 1 heterocycles. The number of carbonyl (C=O) groups is 2. The number of esters is 1. The van der Waals surface area contributed by atoms with Crippen molar-refractivity contribution in [3.63, 3.8) is 0 Å². The quantitative estimate of drug-likeness (QED) is 0.651. The van der Waals surface area contributed by atoms with Gasteiger partial charge in [0.15, 0.2) is 6.61 Å². The van der Waals surface area contributed by atoms with Crippen LogP contribution in [-0.4, -0.2) is 44.3 Å². The maximum absolute atomic E-state index is 12.9. The van der Waals surface area contributed by atoms with Crippen LogP contribution in [0.2, 0.25) is 0 Å². The number of benzene rings is 2. The predicted molar refractivity (Wildman–Crippen MR) is 109 cm³/mol. The van der Waals surface area contributed by atoms with E-state index >= 15 is 0 Å². The van der Waals surface area contributed by atoms with Crippen LogP contribution in [0.4, 0.5) is 18.9 Å². The van der Waals surface area contributed by atoms with Gasteiger partial charge in [-0.3, -0.25) is 4.79 Å². The van der Waals surface area contributed by atoms with Crippen molar-refractivity contribution in [3.05, 3.63) is 59.7 Å². The van der Waals surface area contributed by atoms with Crippen LogP contribution in [0.25, 0.3) is 0 Å². The molecular weight excluding hydrogens is 449 g/mol. The van der Waals surface area contributed by atoms with E-state index < -0.39 is 40.2 Å². The Labute approximate surface area is 183 Å². The number of nitrogens with one attached hydrogen (secondary N) is 1. The van der Waals surface area contributed by atoms with Gasteiger partial charge in [-0.05, 0) is 49.2 Å². The molecule has 0 bridgehead atoms. The van der Waals surface area contributed by atoms with Gasteiger partial charge in [0.1, 0.15) is 0 Å². The van der Waals surface area contributed by atoms with Crippen LogP contribution in [0.1, 0.15) is 35.2 Å². The Bertz CT molecular complexity index is 1080. The first-order valence-corrected chi connectivity index (χ1v) is 11.3. The molecule has 1 amide bonds. The fraction of sp³-hybridized carbons (Fsp3) is 0.333. The van der Waals surface area contributed by atoms with Crippen molar-refractivity contribution in [3.8, 4) is 0 Å². The number of hydrogen-bond donors (Lipinski definition) is 1. The minimum absolute atomic E-state index is 0.0899. The molecule has 0 atom stereocenters. The molecule has 0 radical (unpaired) electrons. The normalized spacial score (nSPS) is 15.2. The highest BCUT2D eigenvalue weighted by Crippen LogP contribution is 2.30. The lowest BCUT2D eigenvalue weighted by Gasteiger charge is -2.26. The molecule has 3 rings (SSSR count). The molecule has 172 valence electrons. The fourth-order valence-corrected chi connectivity index (χ4v) is 4.95. The molecule has 1 saturated heterocycles. The maximum atomic E-state index is 12.9. The zero-order chi connectivity index (χ0) is 23.4. The topological polar surface area (TPSA) is 92.8 Å². The minimum atomic E-state index is -4.50. The van der Waals surface area contributed by atoms with Crippen molar-refractivity contribution in [2.75, 3.05) is 25.0 Å². The number of amides is 1. The molecule has 1 fully saturated rings. The molecule has 11 heteroatoms. The number of carbonyl (C=O) groups excluding carboxylic acids is 2. The summed E-state index contributed by atoms with van der Waals surface area (Å²) < 4.78 is 70.0. The summed E-state index contributed by atoms with van der Waals surface area (Å²) in [6.07, 6.45) is -2.10. The SMILES string of the molecule is O=C(COC(=O)c1ccccc1S(=O)(=O)N1CCCCC1)Nc1ccc(C(F)(F)F)cc1. The zero-order valence-corrected chi connectivity index (χ0v) is 17.7. The van der Waals surface area contributed by atoms with Crippen molar-refractivity contribution in [1.82, 2.24) is 4.31 Å². The highest BCUT2D eigenvalue weighted by molar-refractivity contribution is 7.89. The molecule has 7 nitrogen and oxygen atoms in total. The van der Waals surface area contributed by atoms with Crippen LogP contribution in [0.5, 0.6) is 0 Å². The lowest BCUT2D eigenvalue weighted by atomic mass is 10.2. The van der Waals surface area contributed by atoms with Crippen molar-refractivity contribution < 1.29 is 35.9 Å². The highest BCUT2D eigenvalue weighted by Gasteiger charge is 2.31. The molecule has 32 heavy (non-hydrogen) atoms. The van der Waals surface area contributed by atoms with Gasteiger partial charge in [0, 0.05) is 18.8 Å².